The molecule has 2 rings (SSSR count). The van der Waals surface area contributed by atoms with Crippen LogP contribution in [0.25, 0.3) is 0 Å². The maximum Gasteiger partial charge on any atom is 0.130 e. The first-order valence-corrected chi connectivity index (χ1v) is 4.48. The van der Waals surface area contributed by atoms with Crippen LogP contribution in [0.4, 0.5) is 4.39 Å². The number of hydrogen-bond acceptors (Lipinski definition) is 3. The van der Waals surface area contributed by atoms with Crippen LogP contribution in [0.3, 0.4) is 0 Å². The fourth-order valence-corrected chi connectivity index (χ4v) is 1.66. The molecule has 3 nitrogen and oxygen atoms in total. The average Bonchev–Trinajstić information content (AvgIpc) is 2.16. The van der Waals surface area contributed by atoms with Gasteiger partial charge in [-0.15, -0.1) is 0 Å². The number of fused-ring (bicyclic) bond motifs is 1. The van der Waals surface area contributed by atoms with Crippen LogP contribution in [-0.2, 0) is 0 Å². The van der Waals surface area contributed by atoms with E-state index >= 15 is 0 Å². The van der Waals surface area contributed by atoms with Crippen LogP contribution in [0.2, 0.25) is 0 Å². The summed E-state index contributed by atoms with van der Waals surface area (Å²) in [6.07, 6.45) is 0.731. The fraction of sp³-hybridized carbons (Fsp3) is 0.400. The van der Waals surface area contributed by atoms with Gasteiger partial charge in [0.1, 0.15) is 17.3 Å². The molecule has 0 saturated carbocycles. The van der Waals surface area contributed by atoms with Crippen molar-refractivity contribution >= 4 is 0 Å². The van der Waals surface area contributed by atoms with Crippen molar-refractivity contribution in [3.8, 4) is 11.5 Å². The summed E-state index contributed by atoms with van der Waals surface area (Å²) < 4.78 is 23.4. The van der Waals surface area contributed by atoms with Crippen LogP contribution in [0.15, 0.2) is 12.1 Å². The normalized spacial score (nSPS) is 19.8. The summed E-state index contributed by atoms with van der Waals surface area (Å²) in [6, 6.07) is 2.54. The van der Waals surface area contributed by atoms with E-state index in [2.05, 4.69) is 0 Å². The average molecular weight is 197 g/mol. The van der Waals surface area contributed by atoms with Crippen molar-refractivity contribution in [2.45, 2.75) is 12.5 Å². The monoisotopic (exact) mass is 197 g/mol. The number of hydrogen-bond donors (Lipinski definition) is 1. The molecule has 76 valence electrons. The standard InChI is InChI=1S/C10H12FNO2/c1-13-8-4-6(11)5-9-10(8)7(12)2-3-14-9/h4-5,7H,2-3,12H2,1H3/t7-/m1/s1. The van der Waals surface area contributed by atoms with E-state index in [4.69, 9.17) is 15.2 Å². The van der Waals surface area contributed by atoms with Gasteiger partial charge < -0.3 is 15.2 Å². The Bertz CT molecular complexity index is 337. The molecule has 1 aromatic rings. The Morgan fingerprint density at radius 1 is 1.57 bits per heavy atom. The summed E-state index contributed by atoms with van der Waals surface area (Å²) in [4.78, 5) is 0. The zero-order chi connectivity index (χ0) is 10.1. The molecular formula is C10H12FNO2. The largest absolute Gasteiger partial charge is 0.496 e. The van der Waals surface area contributed by atoms with Gasteiger partial charge in [0, 0.05) is 24.6 Å². The van der Waals surface area contributed by atoms with Crippen LogP contribution < -0.4 is 15.2 Å². The van der Waals surface area contributed by atoms with Gasteiger partial charge in [-0.25, -0.2) is 4.39 Å². The molecule has 1 aliphatic rings. The second kappa shape index (κ2) is 3.46. The molecule has 0 saturated heterocycles. The minimum Gasteiger partial charge on any atom is -0.496 e. The van der Waals surface area contributed by atoms with E-state index in [9.17, 15) is 4.39 Å². The van der Waals surface area contributed by atoms with Gasteiger partial charge in [0.15, 0.2) is 0 Å². The number of benzene rings is 1. The van der Waals surface area contributed by atoms with Gasteiger partial charge in [0.05, 0.1) is 19.3 Å². The lowest BCUT2D eigenvalue weighted by atomic mass is 10.0. The first-order chi connectivity index (χ1) is 6.72. The van der Waals surface area contributed by atoms with Crippen molar-refractivity contribution in [2.24, 2.45) is 5.73 Å². The highest BCUT2D eigenvalue weighted by Gasteiger charge is 2.23. The number of halogens is 1. The van der Waals surface area contributed by atoms with Gasteiger partial charge in [-0.1, -0.05) is 0 Å². The first kappa shape index (κ1) is 9.27. The van der Waals surface area contributed by atoms with Crippen molar-refractivity contribution in [3.63, 3.8) is 0 Å². The molecule has 0 aromatic heterocycles. The third-order valence-electron chi connectivity index (χ3n) is 2.35. The summed E-state index contributed by atoms with van der Waals surface area (Å²) in [5, 5.41) is 0. The lowest BCUT2D eigenvalue weighted by molar-refractivity contribution is 0.260. The lowest BCUT2D eigenvalue weighted by Gasteiger charge is -2.24. The SMILES string of the molecule is COc1cc(F)cc2c1[C@H](N)CCO2. The smallest absolute Gasteiger partial charge is 0.130 e. The van der Waals surface area contributed by atoms with Crippen LogP contribution >= 0.6 is 0 Å². The van der Waals surface area contributed by atoms with E-state index in [0.717, 1.165) is 12.0 Å². The first-order valence-electron chi connectivity index (χ1n) is 4.48. The van der Waals surface area contributed by atoms with Crippen molar-refractivity contribution in [3.05, 3.63) is 23.5 Å². The Balaban J connectivity index is 2.55. The molecule has 0 fully saturated rings. The highest BCUT2D eigenvalue weighted by atomic mass is 19.1. The van der Waals surface area contributed by atoms with Gasteiger partial charge in [-0.05, 0) is 0 Å². The second-order valence-corrected chi connectivity index (χ2v) is 3.26. The minimum absolute atomic E-state index is 0.130. The fourth-order valence-electron chi connectivity index (χ4n) is 1.66. The molecule has 2 N–H and O–H groups in total. The number of ether oxygens (including phenoxy) is 2. The highest BCUT2D eigenvalue weighted by Crippen LogP contribution is 2.38. The molecule has 0 spiro atoms. The maximum absolute atomic E-state index is 13.1. The van der Waals surface area contributed by atoms with Crippen molar-refractivity contribution in [1.29, 1.82) is 0 Å². The van der Waals surface area contributed by atoms with E-state index < -0.39 is 0 Å². The molecular weight excluding hydrogens is 185 g/mol. The predicted molar refractivity (Wildman–Crippen MR) is 50.0 cm³/mol. The van der Waals surface area contributed by atoms with Crippen LogP contribution in [-0.4, -0.2) is 13.7 Å². The van der Waals surface area contributed by atoms with E-state index in [-0.39, 0.29) is 11.9 Å². The third-order valence-corrected chi connectivity index (χ3v) is 2.35. The topological polar surface area (TPSA) is 44.5 Å². The minimum atomic E-state index is -0.366. The van der Waals surface area contributed by atoms with Gasteiger partial charge in [-0.3, -0.25) is 0 Å². The van der Waals surface area contributed by atoms with Gasteiger partial charge in [-0.2, -0.15) is 0 Å². The zero-order valence-electron chi connectivity index (χ0n) is 7.92. The van der Waals surface area contributed by atoms with Crippen molar-refractivity contribution in [1.82, 2.24) is 0 Å². The number of methoxy groups -OCH3 is 1. The highest BCUT2D eigenvalue weighted by molar-refractivity contribution is 5.48. The molecule has 4 heteroatoms. The Kier molecular flexibility index (Phi) is 2.29. The third kappa shape index (κ3) is 1.42. The Morgan fingerprint density at radius 3 is 3.07 bits per heavy atom. The molecule has 0 amide bonds. The zero-order valence-corrected chi connectivity index (χ0v) is 7.92. The Hall–Kier alpha value is -1.29. The van der Waals surface area contributed by atoms with Gasteiger partial charge in [0.25, 0.3) is 0 Å². The van der Waals surface area contributed by atoms with Crippen molar-refractivity contribution in [2.75, 3.05) is 13.7 Å². The summed E-state index contributed by atoms with van der Waals surface area (Å²) in [6.45, 7) is 0.529. The molecule has 0 aliphatic carbocycles. The number of rotatable bonds is 1. The molecule has 1 heterocycles. The van der Waals surface area contributed by atoms with Crippen molar-refractivity contribution < 1.29 is 13.9 Å². The lowest BCUT2D eigenvalue weighted by Crippen LogP contribution is -2.21. The molecule has 1 atom stereocenters. The van der Waals surface area contributed by atoms with E-state index in [1.165, 1.54) is 19.2 Å². The van der Waals surface area contributed by atoms with Crippen LogP contribution in [0, 0.1) is 5.82 Å². The van der Waals surface area contributed by atoms with E-state index in [0.29, 0.717) is 18.1 Å². The second-order valence-electron chi connectivity index (χ2n) is 3.26. The summed E-state index contributed by atoms with van der Waals surface area (Å²) in [5.41, 5.74) is 6.65. The molecule has 0 unspecified atom stereocenters. The van der Waals surface area contributed by atoms with Gasteiger partial charge >= 0.3 is 0 Å². The van der Waals surface area contributed by atoms with E-state index in [1.54, 1.807) is 0 Å². The molecule has 14 heavy (non-hydrogen) atoms. The Labute approximate surface area is 81.6 Å². The molecule has 0 bridgehead atoms. The van der Waals surface area contributed by atoms with E-state index in [1.807, 2.05) is 0 Å². The Morgan fingerprint density at radius 2 is 2.36 bits per heavy atom. The number of nitrogens with two attached hydrogens (primary N) is 1. The van der Waals surface area contributed by atoms with Gasteiger partial charge in [0.2, 0.25) is 0 Å². The predicted octanol–water partition coefficient (Wildman–Crippen LogP) is 1.62. The molecule has 1 aliphatic heterocycles. The molecule has 1 aromatic carbocycles. The van der Waals surface area contributed by atoms with Crippen LogP contribution in [0.1, 0.15) is 18.0 Å². The summed E-state index contributed by atoms with van der Waals surface area (Å²) in [7, 11) is 1.50. The quantitative estimate of drug-likeness (QED) is 0.744. The van der Waals surface area contributed by atoms with Crippen LogP contribution in [0.5, 0.6) is 11.5 Å². The molecule has 0 radical (unpaired) electrons. The summed E-state index contributed by atoms with van der Waals surface area (Å²) >= 11 is 0. The maximum atomic E-state index is 13.1. The summed E-state index contributed by atoms with van der Waals surface area (Å²) in [5.74, 6) is 0.600.